The molecule has 1 fully saturated rings. The maximum atomic E-state index is 12.5. The summed E-state index contributed by atoms with van der Waals surface area (Å²) in [5.74, 6) is -0.246. The molecule has 0 bridgehead atoms. The highest BCUT2D eigenvalue weighted by Gasteiger charge is 2.26. The molecule has 8 nitrogen and oxygen atoms in total. The number of nitrogens with zero attached hydrogens (tertiary/aromatic N) is 1. The minimum absolute atomic E-state index is 0.0615. The molecule has 0 radical (unpaired) electrons. The number of nitrogens with one attached hydrogen (secondary N) is 1. The monoisotopic (exact) mass is 376 g/mol. The van der Waals surface area contributed by atoms with E-state index in [4.69, 9.17) is 4.74 Å². The van der Waals surface area contributed by atoms with Crippen molar-refractivity contribution in [3.63, 3.8) is 0 Å². The summed E-state index contributed by atoms with van der Waals surface area (Å²) in [5.41, 5.74) is 0.474. The van der Waals surface area contributed by atoms with Gasteiger partial charge in [0.2, 0.25) is 15.9 Å². The molecule has 0 aliphatic carbocycles. The molecule has 1 aliphatic rings. The number of rotatable bonds is 7. The van der Waals surface area contributed by atoms with Crippen LogP contribution >= 0.6 is 0 Å². The molecule has 1 aliphatic heterocycles. The maximum absolute atomic E-state index is 12.5. The maximum Gasteiger partial charge on any atom is 0.244 e. The number of hydrogen-bond acceptors (Lipinski definition) is 6. The Balaban J connectivity index is 2.30. The number of carbonyl (C=O) groups excluding carboxylic acids is 1. The van der Waals surface area contributed by atoms with Crippen molar-refractivity contribution in [1.29, 1.82) is 0 Å². The molecular weight excluding hydrogens is 356 g/mol. The van der Waals surface area contributed by atoms with Gasteiger partial charge in [-0.3, -0.25) is 4.79 Å². The molecule has 1 saturated heterocycles. The Bertz CT molecular complexity index is 833. The molecule has 24 heavy (non-hydrogen) atoms. The fourth-order valence-electron chi connectivity index (χ4n) is 2.40. The number of sulfone groups is 1. The van der Waals surface area contributed by atoms with Gasteiger partial charge < -0.3 is 9.64 Å². The first-order valence-corrected chi connectivity index (χ1v) is 10.8. The van der Waals surface area contributed by atoms with E-state index in [1.54, 1.807) is 6.07 Å². The van der Waals surface area contributed by atoms with Crippen molar-refractivity contribution < 1.29 is 26.4 Å². The third-order valence-electron chi connectivity index (χ3n) is 3.59. The topological polar surface area (TPSA) is 110 Å². The van der Waals surface area contributed by atoms with Gasteiger partial charge in [0.25, 0.3) is 0 Å². The Hall–Kier alpha value is -1.65. The number of benzene rings is 1. The fourth-order valence-corrected chi connectivity index (χ4v) is 4.22. The van der Waals surface area contributed by atoms with Gasteiger partial charge in [0.1, 0.15) is 20.5 Å². The normalized spacial score (nSPS) is 15.8. The van der Waals surface area contributed by atoms with Crippen molar-refractivity contribution >= 4 is 31.5 Å². The molecule has 0 saturated carbocycles. The summed E-state index contributed by atoms with van der Waals surface area (Å²) in [4.78, 5) is 13.2. The second-order valence-electron chi connectivity index (χ2n) is 5.51. The predicted octanol–water partition coefficient (Wildman–Crippen LogP) is 0.145. The summed E-state index contributed by atoms with van der Waals surface area (Å²) in [7, 11) is -5.92. The van der Waals surface area contributed by atoms with Crippen LogP contribution in [0, 0.1) is 0 Å². The number of anilines is 1. The van der Waals surface area contributed by atoms with Gasteiger partial charge in [0.05, 0.1) is 12.9 Å². The molecule has 2 rings (SSSR count). The van der Waals surface area contributed by atoms with E-state index < -0.39 is 19.9 Å². The average molecular weight is 376 g/mol. The van der Waals surface area contributed by atoms with E-state index >= 15 is 0 Å². The predicted molar refractivity (Wildman–Crippen MR) is 89.5 cm³/mol. The summed E-state index contributed by atoms with van der Waals surface area (Å²) in [6.45, 7) is 0.295. The lowest BCUT2D eigenvalue weighted by atomic mass is 10.3. The lowest BCUT2D eigenvalue weighted by Crippen LogP contribution is -2.30. The Morgan fingerprint density at radius 1 is 1.25 bits per heavy atom. The summed E-state index contributed by atoms with van der Waals surface area (Å²) >= 11 is 0. The van der Waals surface area contributed by atoms with Crippen LogP contribution in [-0.2, 0) is 24.7 Å². The van der Waals surface area contributed by atoms with Crippen LogP contribution in [-0.4, -0.2) is 55.0 Å². The van der Waals surface area contributed by atoms with E-state index in [2.05, 4.69) is 4.72 Å². The SMILES string of the molecule is COc1ccc(N2CCCC2=O)cc1S(=O)(=O)NCCS(C)(=O)=O. The van der Waals surface area contributed by atoms with Gasteiger partial charge in [-0.25, -0.2) is 21.6 Å². The van der Waals surface area contributed by atoms with Crippen LogP contribution in [0.15, 0.2) is 23.1 Å². The third kappa shape index (κ3) is 4.46. The van der Waals surface area contributed by atoms with E-state index in [0.717, 1.165) is 12.7 Å². The van der Waals surface area contributed by atoms with Crippen molar-refractivity contribution in [3.05, 3.63) is 18.2 Å². The van der Waals surface area contributed by atoms with Crippen molar-refractivity contribution in [2.75, 3.05) is 37.1 Å². The molecule has 0 atom stereocenters. The molecule has 134 valence electrons. The number of amides is 1. The number of methoxy groups -OCH3 is 1. The van der Waals surface area contributed by atoms with Crippen molar-refractivity contribution in [2.45, 2.75) is 17.7 Å². The Labute approximate surface area is 141 Å². The summed E-state index contributed by atoms with van der Waals surface area (Å²) in [5, 5.41) is 0. The summed E-state index contributed by atoms with van der Waals surface area (Å²) in [6.07, 6.45) is 2.18. The van der Waals surface area contributed by atoms with Gasteiger partial charge in [-0.05, 0) is 24.6 Å². The molecule has 0 spiro atoms. The summed E-state index contributed by atoms with van der Waals surface area (Å²) < 4.78 is 54.5. The number of carbonyl (C=O) groups is 1. The third-order valence-corrected chi connectivity index (χ3v) is 6.01. The van der Waals surface area contributed by atoms with E-state index in [1.165, 1.54) is 24.1 Å². The highest BCUT2D eigenvalue weighted by Crippen LogP contribution is 2.30. The van der Waals surface area contributed by atoms with E-state index in [9.17, 15) is 21.6 Å². The van der Waals surface area contributed by atoms with Gasteiger partial charge in [-0.15, -0.1) is 0 Å². The minimum atomic E-state index is -3.97. The zero-order valence-electron chi connectivity index (χ0n) is 13.5. The minimum Gasteiger partial charge on any atom is -0.495 e. The quantitative estimate of drug-likeness (QED) is 0.725. The fraction of sp³-hybridized carbons (Fsp3) is 0.500. The van der Waals surface area contributed by atoms with Gasteiger partial charge in [-0.1, -0.05) is 0 Å². The van der Waals surface area contributed by atoms with Crippen LogP contribution in [0.3, 0.4) is 0 Å². The Morgan fingerprint density at radius 2 is 1.96 bits per heavy atom. The molecule has 0 aromatic heterocycles. The van der Waals surface area contributed by atoms with Gasteiger partial charge >= 0.3 is 0 Å². The molecule has 1 aromatic rings. The highest BCUT2D eigenvalue weighted by atomic mass is 32.2. The Morgan fingerprint density at radius 3 is 2.50 bits per heavy atom. The van der Waals surface area contributed by atoms with E-state index in [-0.39, 0.29) is 28.8 Å². The van der Waals surface area contributed by atoms with Crippen molar-refractivity contribution in [1.82, 2.24) is 4.72 Å². The second kappa shape index (κ2) is 7.08. The lowest BCUT2D eigenvalue weighted by molar-refractivity contribution is -0.117. The van der Waals surface area contributed by atoms with Gasteiger partial charge in [0, 0.05) is 31.5 Å². The first-order valence-electron chi connectivity index (χ1n) is 7.30. The lowest BCUT2D eigenvalue weighted by Gasteiger charge is -2.18. The molecular formula is C14H20N2O6S2. The molecule has 1 N–H and O–H groups in total. The molecule has 1 amide bonds. The van der Waals surface area contributed by atoms with Crippen LogP contribution in [0.5, 0.6) is 5.75 Å². The van der Waals surface area contributed by atoms with E-state index in [1.807, 2.05) is 0 Å². The average Bonchev–Trinajstić information content (AvgIpc) is 2.91. The first kappa shape index (κ1) is 18.7. The van der Waals surface area contributed by atoms with E-state index in [0.29, 0.717) is 18.7 Å². The number of sulfonamides is 1. The highest BCUT2D eigenvalue weighted by molar-refractivity contribution is 7.91. The largest absolute Gasteiger partial charge is 0.495 e. The molecule has 1 aromatic carbocycles. The molecule has 10 heteroatoms. The zero-order chi connectivity index (χ0) is 18.0. The summed E-state index contributed by atoms with van der Waals surface area (Å²) in [6, 6.07) is 4.47. The Kier molecular flexibility index (Phi) is 5.51. The van der Waals surface area contributed by atoms with Crippen molar-refractivity contribution in [2.24, 2.45) is 0 Å². The number of ether oxygens (including phenoxy) is 1. The number of hydrogen-bond donors (Lipinski definition) is 1. The van der Waals surface area contributed by atoms with Crippen LogP contribution in [0.2, 0.25) is 0 Å². The second-order valence-corrected chi connectivity index (χ2v) is 9.51. The van der Waals surface area contributed by atoms with Crippen LogP contribution in [0.25, 0.3) is 0 Å². The smallest absolute Gasteiger partial charge is 0.244 e. The van der Waals surface area contributed by atoms with Crippen molar-refractivity contribution in [3.8, 4) is 5.75 Å². The van der Waals surface area contributed by atoms with Crippen LogP contribution in [0.1, 0.15) is 12.8 Å². The molecule has 0 unspecified atom stereocenters. The standard InChI is InChI=1S/C14H20N2O6S2/c1-22-12-6-5-11(16-8-3-4-14(16)17)10-13(12)24(20,21)15-7-9-23(2,18)19/h5-6,10,15H,3-4,7-9H2,1-2H3. The van der Waals surface area contributed by atoms with Gasteiger partial charge in [0.15, 0.2) is 0 Å². The first-order chi connectivity index (χ1) is 11.1. The van der Waals surface area contributed by atoms with Gasteiger partial charge in [-0.2, -0.15) is 0 Å². The van der Waals surface area contributed by atoms with Crippen LogP contribution < -0.4 is 14.4 Å². The van der Waals surface area contributed by atoms with Crippen LogP contribution in [0.4, 0.5) is 5.69 Å². The zero-order valence-corrected chi connectivity index (χ0v) is 15.1. The molecule has 1 heterocycles.